The number of anilines is 1. The van der Waals surface area contributed by atoms with Crippen LogP contribution in [0.5, 0.6) is 0 Å². The predicted molar refractivity (Wildman–Crippen MR) is 181 cm³/mol. The maximum absolute atomic E-state index is 14.6. The molecule has 21 heteroatoms. The van der Waals surface area contributed by atoms with Gasteiger partial charge in [-0.3, -0.25) is 32.8 Å². The van der Waals surface area contributed by atoms with Crippen molar-refractivity contribution >= 4 is 41.1 Å². The van der Waals surface area contributed by atoms with Crippen LogP contribution in [-0.4, -0.2) is 102 Å². The van der Waals surface area contributed by atoms with Crippen molar-refractivity contribution < 1.29 is 42.8 Å². The summed E-state index contributed by atoms with van der Waals surface area (Å²) in [5.41, 5.74) is 5.71. The Morgan fingerprint density at radius 3 is 2.67 bits per heavy atom. The van der Waals surface area contributed by atoms with Crippen LogP contribution in [-0.2, 0) is 27.8 Å². The molecule has 0 aliphatic carbocycles. The van der Waals surface area contributed by atoms with E-state index in [1.54, 1.807) is 28.8 Å². The quantitative estimate of drug-likeness (QED) is 0.0837. The Balaban J connectivity index is 1.18. The van der Waals surface area contributed by atoms with Gasteiger partial charge >= 0.3 is 12.5 Å². The number of ether oxygens (including phenoxy) is 3. The van der Waals surface area contributed by atoms with Crippen LogP contribution in [0.4, 0.5) is 5.82 Å². The Bertz CT molecular complexity index is 1980. The van der Waals surface area contributed by atoms with E-state index in [1.807, 2.05) is 6.07 Å². The number of aromatic amines is 1. The van der Waals surface area contributed by atoms with E-state index in [9.17, 15) is 29.2 Å². The summed E-state index contributed by atoms with van der Waals surface area (Å²) < 4.78 is 46.8. The minimum Gasteiger partial charge on any atom is -0.394 e. The first kappa shape index (κ1) is 36.8. The van der Waals surface area contributed by atoms with Crippen LogP contribution in [0, 0.1) is 0 Å². The number of unbranched alkanes of at least 4 members (excludes halogenated alkanes) is 1. The third-order valence-corrected chi connectivity index (χ3v) is 12.0. The van der Waals surface area contributed by atoms with Crippen molar-refractivity contribution in [3.63, 3.8) is 0 Å². The van der Waals surface area contributed by atoms with Crippen LogP contribution in [0.1, 0.15) is 42.1 Å². The van der Waals surface area contributed by atoms with Gasteiger partial charge < -0.3 is 35.5 Å². The van der Waals surface area contributed by atoms with Crippen molar-refractivity contribution in [1.29, 1.82) is 0 Å². The molecule has 0 spiro atoms. The van der Waals surface area contributed by atoms with E-state index in [0.717, 1.165) is 22.0 Å². The highest BCUT2D eigenvalue weighted by Gasteiger charge is 2.52. The maximum atomic E-state index is 14.6. The molecule has 2 saturated heterocycles. The second kappa shape index (κ2) is 16.1. The number of nitrogens with two attached hydrogens (primary N) is 1. The second-order valence-corrected chi connectivity index (χ2v) is 15.7. The van der Waals surface area contributed by atoms with Crippen molar-refractivity contribution in [2.75, 3.05) is 31.7 Å². The molecule has 6 rings (SSSR count). The number of fused-ring (bicyclic) bond motifs is 1. The van der Waals surface area contributed by atoms with Gasteiger partial charge in [-0.15, -0.1) is 0 Å². The molecule has 0 saturated carbocycles. The lowest BCUT2D eigenvalue weighted by molar-refractivity contribution is -0.131. The van der Waals surface area contributed by atoms with Crippen LogP contribution >= 0.6 is 18.2 Å². The number of benzene rings is 1. The van der Waals surface area contributed by atoms with Crippen LogP contribution in [0.25, 0.3) is 11.2 Å². The van der Waals surface area contributed by atoms with Crippen LogP contribution < -0.4 is 22.3 Å². The fourth-order valence-corrected chi connectivity index (χ4v) is 9.42. The summed E-state index contributed by atoms with van der Waals surface area (Å²) in [7, 11) is 1.32. The Morgan fingerprint density at radius 2 is 1.92 bits per heavy atom. The topological polar surface area (TPSA) is 257 Å². The SMILES string of the molecule is CO[C@H]1C(OP(=O)(O[C@H]2O[C@@H](n3cnc4c(N)ncnc43)CC2O)SCCCCNC(=O)c2ccccc2)[C@@H](CO)O[C@H]1n1ccc(=O)[nH]c1=O. The molecule has 0 bridgehead atoms. The maximum Gasteiger partial charge on any atom is 0.391 e. The van der Waals surface area contributed by atoms with E-state index in [2.05, 4.69) is 25.3 Å². The molecule has 6 N–H and O–H groups in total. The molecular weight excluding hydrogens is 711 g/mol. The Kier molecular flexibility index (Phi) is 11.6. The summed E-state index contributed by atoms with van der Waals surface area (Å²) in [6, 6.07) is 9.88. The summed E-state index contributed by atoms with van der Waals surface area (Å²) in [4.78, 5) is 51.2. The van der Waals surface area contributed by atoms with Gasteiger partial charge in [0.15, 0.2) is 24.0 Å². The number of nitrogen functional groups attached to an aromatic ring is 1. The number of nitrogens with zero attached hydrogens (tertiary/aromatic N) is 5. The summed E-state index contributed by atoms with van der Waals surface area (Å²) >= 11 is 0.827. The van der Waals surface area contributed by atoms with Gasteiger partial charge in [-0.2, -0.15) is 0 Å². The van der Waals surface area contributed by atoms with Crippen LogP contribution in [0.15, 0.2) is 64.8 Å². The Morgan fingerprint density at radius 1 is 1.12 bits per heavy atom. The molecule has 19 nitrogen and oxygen atoms in total. The van der Waals surface area contributed by atoms with Gasteiger partial charge in [-0.1, -0.05) is 18.2 Å². The number of aromatic nitrogens is 6. The number of H-pyrrole nitrogens is 1. The summed E-state index contributed by atoms with van der Waals surface area (Å²) in [5.74, 6) is 0.164. The highest BCUT2D eigenvalue weighted by molar-refractivity contribution is 8.55. The van der Waals surface area contributed by atoms with E-state index >= 15 is 0 Å². The minimum atomic E-state index is -4.31. The van der Waals surface area contributed by atoms with Crippen molar-refractivity contribution in [2.45, 2.75) is 62.4 Å². The van der Waals surface area contributed by atoms with Crippen molar-refractivity contribution in [3.8, 4) is 0 Å². The van der Waals surface area contributed by atoms with Crippen molar-refractivity contribution in [3.05, 3.63) is 81.7 Å². The van der Waals surface area contributed by atoms with E-state index < -0.39 is 67.8 Å². The molecule has 1 amide bonds. The molecule has 3 unspecified atom stereocenters. The average molecular weight is 749 g/mol. The number of rotatable bonds is 15. The first-order chi connectivity index (χ1) is 24.6. The number of methoxy groups -OCH3 is 1. The molecule has 2 aliphatic heterocycles. The smallest absolute Gasteiger partial charge is 0.391 e. The minimum absolute atomic E-state index is 0.00944. The van der Waals surface area contributed by atoms with Crippen LogP contribution in [0.3, 0.4) is 0 Å². The van der Waals surface area contributed by atoms with E-state index in [0.29, 0.717) is 36.1 Å². The largest absolute Gasteiger partial charge is 0.394 e. The zero-order valence-corrected chi connectivity index (χ0v) is 28.9. The standard InChI is InChI=1S/C30H37N8O11PS/c1-45-24-23(19(14-39)46-28(24)37-11-9-20(41)36-30(37)43)48-50(44,51-12-6-5-10-32-27(42)17-7-3-2-4-8-17)49-29-18(40)13-21(47-29)38-16-35-22-25(31)33-15-34-26(22)38/h2-4,7-9,11,15-16,18-19,21,23-24,28-29,39-40H,5-6,10,12-14H2,1H3,(H,32,42)(H2,31,33,34)(H,36,41,43)/t18?,19-,21-,23?,24+,28-,29-,50?/m1/s1. The predicted octanol–water partition coefficient (Wildman–Crippen LogP) is 0.923. The van der Waals surface area contributed by atoms with Gasteiger partial charge in [0.1, 0.15) is 42.5 Å². The molecule has 4 aromatic rings. The molecule has 0 radical (unpaired) electrons. The number of aliphatic hydroxyl groups is 2. The second-order valence-electron chi connectivity index (χ2n) is 11.6. The normalized spacial score (nSPS) is 26.0. The third kappa shape index (κ3) is 8.24. The molecule has 51 heavy (non-hydrogen) atoms. The summed E-state index contributed by atoms with van der Waals surface area (Å²) in [6.45, 7) is -4.58. The van der Waals surface area contributed by atoms with Gasteiger partial charge in [-0.25, -0.2) is 24.3 Å². The van der Waals surface area contributed by atoms with Crippen molar-refractivity contribution in [1.82, 2.24) is 34.4 Å². The summed E-state index contributed by atoms with van der Waals surface area (Å²) in [5, 5.41) is 24.1. The highest BCUT2D eigenvalue weighted by Crippen LogP contribution is 2.64. The third-order valence-electron chi connectivity index (χ3n) is 8.23. The number of amides is 1. The number of aliphatic hydroxyl groups excluding tert-OH is 2. The molecule has 2 aliphatic rings. The molecule has 2 fully saturated rings. The fraction of sp³-hybridized carbons (Fsp3) is 0.467. The fourth-order valence-electron chi connectivity index (χ4n) is 5.72. The Hall–Kier alpha value is -3.98. The zero-order chi connectivity index (χ0) is 36.1. The van der Waals surface area contributed by atoms with Gasteiger partial charge in [0, 0.05) is 43.7 Å². The van der Waals surface area contributed by atoms with E-state index in [1.165, 1.54) is 26.0 Å². The van der Waals surface area contributed by atoms with Gasteiger partial charge in [-0.05, 0) is 36.4 Å². The number of carbonyl (C=O) groups is 1. The van der Waals surface area contributed by atoms with Gasteiger partial charge in [0.2, 0.25) is 0 Å². The number of carbonyl (C=O) groups excluding carboxylic acids is 1. The Labute approximate surface area is 293 Å². The average Bonchev–Trinajstić information content (AvgIpc) is 3.81. The molecular formula is C30H37N8O11PS. The molecule has 274 valence electrons. The zero-order valence-electron chi connectivity index (χ0n) is 27.2. The lowest BCUT2D eigenvalue weighted by Crippen LogP contribution is -2.40. The lowest BCUT2D eigenvalue weighted by Gasteiger charge is -2.29. The first-order valence-electron chi connectivity index (χ1n) is 15.9. The molecule has 5 heterocycles. The van der Waals surface area contributed by atoms with E-state index in [-0.39, 0.29) is 23.9 Å². The molecule has 8 atom stereocenters. The first-order valence-corrected chi connectivity index (χ1v) is 19.1. The monoisotopic (exact) mass is 748 g/mol. The van der Waals surface area contributed by atoms with Gasteiger partial charge in [0.05, 0.1) is 12.9 Å². The molecule has 3 aromatic heterocycles. The van der Waals surface area contributed by atoms with Crippen LogP contribution in [0.2, 0.25) is 0 Å². The van der Waals surface area contributed by atoms with E-state index in [4.69, 9.17) is 29.0 Å². The number of nitrogens with one attached hydrogen (secondary N) is 2. The highest BCUT2D eigenvalue weighted by atomic mass is 32.7. The molecule has 1 aromatic carbocycles. The summed E-state index contributed by atoms with van der Waals surface area (Å²) in [6.07, 6.45) is -3.32. The number of hydrogen-bond acceptors (Lipinski definition) is 16. The number of imidazole rings is 1. The van der Waals surface area contributed by atoms with Gasteiger partial charge in [0.25, 0.3) is 11.5 Å². The number of hydrogen-bond donors (Lipinski definition) is 5. The van der Waals surface area contributed by atoms with Crippen molar-refractivity contribution in [2.24, 2.45) is 0 Å². The lowest BCUT2D eigenvalue weighted by atomic mass is 10.1.